The Morgan fingerprint density at radius 1 is 0.941 bits per heavy atom. The average molecular weight is 463 g/mol. The Morgan fingerprint density at radius 3 is 2.06 bits per heavy atom. The van der Waals surface area contributed by atoms with E-state index in [1.807, 2.05) is 0 Å². The summed E-state index contributed by atoms with van der Waals surface area (Å²) < 4.78 is 0. The Balaban J connectivity index is 2.04. The van der Waals surface area contributed by atoms with E-state index in [1.165, 1.54) is 16.7 Å². The highest BCUT2D eigenvalue weighted by Crippen LogP contribution is 2.30. The minimum atomic E-state index is 0.494. The summed E-state index contributed by atoms with van der Waals surface area (Å²) in [5.41, 5.74) is 5.86. The summed E-state index contributed by atoms with van der Waals surface area (Å²) in [6.07, 6.45) is 0. The number of hydrogen-bond donors (Lipinski definition) is 0. The van der Waals surface area contributed by atoms with Crippen LogP contribution in [0.4, 0.5) is 5.82 Å². The van der Waals surface area contributed by atoms with Crippen LogP contribution in [0.5, 0.6) is 0 Å². The number of piperazine rings is 1. The van der Waals surface area contributed by atoms with Gasteiger partial charge in [-0.15, -0.1) is 0 Å². The molecule has 6 heteroatoms. The van der Waals surface area contributed by atoms with Crippen LogP contribution in [0, 0.1) is 43.9 Å². The quantitative estimate of drug-likeness (QED) is 0.498. The number of nitrogens with zero attached hydrogens (tertiary/aromatic N) is 6. The molecule has 1 saturated heterocycles. The van der Waals surface area contributed by atoms with Crippen LogP contribution in [0.25, 0.3) is 11.4 Å². The summed E-state index contributed by atoms with van der Waals surface area (Å²) in [4.78, 5) is 17.5. The van der Waals surface area contributed by atoms with Gasteiger partial charge in [0.25, 0.3) is 0 Å². The second kappa shape index (κ2) is 11.8. The Kier molecular flexibility index (Phi) is 9.04. The summed E-state index contributed by atoms with van der Waals surface area (Å²) in [6, 6.07) is 8.67. The van der Waals surface area contributed by atoms with Gasteiger partial charge >= 0.3 is 0 Å². The molecular formula is C28H42N6. The average Bonchev–Trinajstić information content (AvgIpc) is 2.75. The molecular weight excluding hydrogens is 420 g/mol. The van der Waals surface area contributed by atoms with Crippen LogP contribution in [-0.2, 0) is 6.54 Å². The van der Waals surface area contributed by atoms with Crippen molar-refractivity contribution < 1.29 is 0 Å². The first-order valence-corrected chi connectivity index (χ1v) is 12.7. The van der Waals surface area contributed by atoms with Crippen molar-refractivity contribution in [3.05, 3.63) is 40.6 Å². The van der Waals surface area contributed by atoms with Crippen molar-refractivity contribution in [1.29, 1.82) is 5.26 Å². The van der Waals surface area contributed by atoms with Gasteiger partial charge in [-0.3, -0.25) is 9.80 Å². The van der Waals surface area contributed by atoms with Gasteiger partial charge in [-0.05, 0) is 43.7 Å². The third-order valence-electron chi connectivity index (χ3n) is 6.49. The van der Waals surface area contributed by atoms with E-state index in [9.17, 15) is 0 Å². The first-order valence-electron chi connectivity index (χ1n) is 12.7. The Labute approximate surface area is 206 Å². The zero-order valence-corrected chi connectivity index (χ0v) is 22.2. The minimum absolute atomic E-state index is 0.494. The fraction of sp³-hybridized carbons (Fsp3) is 0.607. The molecule has 2 heterocycles. The Bertz CT molecular complexity index is 968. The van der Waals surface area contributed by atoms with Crippen molar-refractivity contribution in [2.24, 2.45) is 11.8 Å². The highest BCUT2D eigenvalue weighted by atomic mass is 15.3. The van der Waals surface area contributed by atoms with Crippen molar-refractivity contribution >= 4 is 5.82 Å². The van der Waals surface area contributed by atoms with Crippen LogP contribution in [0.3, 0.4) is 0 Å². The molecule has 1 fully saturated rings. The molecule has 3 rings (SSSR count). The normalized spacial score (nSPS) is 14.9. The topological polar surface area (TPSA) is 59.3 Å². The SMILES string of the molecule is Cc1cccc(C)c1-c1nc(C)c(CN(CC(C)C)CC(C)C)c(N2CCN(CC#N)CC2)n1. The molecule has 1 aromatic carbocycles. The number of aromatic nitrogens is 2. The van der Waals surface area contributed by atoms with Gasteiger partial charge < -0.3 is 4.90 Å². The maximum atomic E-state index is 9.11. The number of rotatable bonds is 9. The van der Waals surface area contributed by atoms with Crippen LogP contribution in [0.1, 0.15) is 50.1 Å². The first kappa shape index (κ1) is 26.1. The lowest BCUT2D eigenvalue weighted by Crippen LogP contribution is -2.47. The van der Waals surface area contributed by atoms with E-state index in [2.05, 4.69) is 87.4 Å². The Hall–Kier alpha value is -2.49. The van der Waals surface area contributed by atoms with Gasteiger partial charge in [0.05, 0.1) is 12.6 Å². The van der Waals surface area contributed by atoms with Crippen molar-refractivity contribution in [3.8, 4) is 17.5 Å². The fourth-order valence-corrected chi connectivity index (χ4v) is 4.98. The first-order chi connectivity index (χ1) is 16.2. The van der Waals surface area contributed by atoms with E-state index >= 15 is 0 Å². The van der Waals surface area contributed by atoms with Gasteiger partial charge in [-0.1, -0.05) is 45.9 Å². The molecule has 0 N–H and O–H groups in total. The number of anilines is 1. The second-order valence-corrected chi connectivity index (χ2v) is 10.6. The molecule has 184 valence electrons. The van der Waals surface area contributed by atoms with E-state index in [4.69, 9.17) is 15.2 Å². The fourth-order valence-electron chi connectivity index (χ4n) is 4.98. The zero-order chi connectivity index (χ0) is 24.8. The zero-order valence-electron chi connectivity index (χ0n) is 22.2. The molecule has 2 aromatic rings. The molecule has 0 bridgehead atoms. The summed E-state index contributed by atoms with van der Waals surface area (Å²) >= 11 is 0. The van der Waals surface area contributed by atoms with Gasteiger partial charge in [-0.2, -0.15) is 5.26 Å². The van der Waals surface area contributed by atoms with E-state index in [0.29, 0.717) is 18.4 Å². The summed E-state index contributed by atoms with van der Waals surface area (Å²) in [7, 11) is 0. The molecule has 0 radical (unpaired) electrons. The van der Waals surface area contributed by atoms with Crippen molar-refractivity contribution in [1.82, 2.24) is 19.8 Å². The van der Waals surface area contributed by atoms with E-state index < -0.39 is 0 Å². The predicted molar refractivity (Wildman–Crippen MR) is 141 cm³/mol. The molecule has 0 spiro atoms. The molecule has 6 nitrogen and oxygen atoms in total. The number of aryl methyl sites for hydroxylation is 3. The van der Waals surface area contributed by atoms with Gasteiger partial charge in [0, 0.05) is 62.6 Å². The maximum absolute atomic E-state index is 9.11. The van der Waals surface area contributed by atoms with Gasteiger partial charge in [0.15, 0.2) is 5.82 Å². The van der Waals surface area contributed by atoms with Gasteiger partial charge in [0.2, 0.25) is 0 Å². The lowest BCUT2D eigenvalue weighted by molar-refractivity contribution is 0.210. The monoisotopic (exact) mass is 462 g/mol. The lowest BCUT2D eigenvalue weighted by atomic mass is 10.0. The molecule has 1 aliphatic heterocycles. The van der Waals surface area contributed by atoms with E-state index in [0.717, 1.165) is 68.7 Å². The predicted octanol–water partition coefficient (Wildman–Crippen LogP) is 4.83. The standard InChI is InChI=1S/C28H42N6/c1-20(2)17-33(18-21(3)4)19-25-24(7)30-27(26-22(5)9-8-10-23(26)6)31-28(25)34-15-13-32(12-11-29)14-16-34/h8-10,20-21H,12-19H2,1-7H3. The molecule has 34 heavy (non-hydrogen) atoms. The highest BCUT2D eigenvalue weighted by molar-refractivity contribution is 5.67. The number of nitriles is 1. The summed E-state index contributed by atoms with van der Waals surface area (Å²) in [6.45, 7) is 22.6. The molecule has 0 aliphatic carbocycles. The molecule has 0 atom stereocenters. The Morgan fingerprint density at radius 2 is 1.53 bits per heavy atom. The summed E-state index contributed by atoms with van der Waals surface area (Å²) in [5, 5.41) is 9.11. The number of hydrogen-bond acceptors (Lipinski definition) is 6. The third kappa shape index (κ3) is 6.55. The smallest absolute Gasteiger partial charge is 0.162 e. The third-order valence-corrected chi connectivity index (χ3v) is 6.49. The van der Waals surface area contributed by atoms with Crippen molar-refractivity contribution in [2.75, 3.05) is 50.7 Å². The summed E-state index contributed by atoms with van der Waals surface area (Å²) in [5.74, 6) is 3.10. The van der Waals surface area contributed by atoms with Crippen molar-refractivity contribution in [2.45, 2.75) is 55.0 Å². The van der Waals surface area contributed by atoms with Crippen LogP contribution < -0.4 is 4.90 Å². The van der Waals surface area contributed by atoms with Crippen LogP contribution in [-0.4, -0.2) is 65.6 Å². The van der Waals surface area contributed by atoms with Crippen LogP contribution in [0.15, 0.2) is 18.2 Å². The van der Waals surface area contributed by atoms with E-state index in [-0.39, 0.29) is 0 Å². The lowest BCUT2D eigenvalue weighted by Gasteiger charge is -2.36. The second-order valence-electron chi connectivity index (χ2n) is 10.6. The molecule has 0 amide bonds. The molecule has 1 aromatic heterocycles. The van der Waals surface area contributed by atoms with Crippen LogP contribution in [0.2, 0.25) is 0 Å². The molecule has 0 unspecified atom stereocenters. The van der Waals surface area contributed by atoms with Crippen molar-refractivity contribution in [3.63, 3.8) is 0 Å². The largest absolute Gasteiger partial charge is 0.354 e. The maximum Gasteiger partial charge on any atom is 0.162 e. The number of benzene rings is 1. The van der Waals surface area contributed by atoms with Gasteiger partial charge in [0.1, 0.15) is 5.82 Å². The van der Waals surface area contributed by atoms with Gasteiger partial charge in [-0.25, -0.2) is 9.97 Å². The molecule has 0 saturated carbocycles. The van der Waals surface area contributed by atoms with Crippen LogP contribution >= 0.6 is 0 Å². The van der Waals surface area contributed by atoms with E-state index in [1.54, 1.807) is 0 Å². The minimum Gasteiger partial charge on any atom is -0.354 e. The highest BCUT2D eigenvalue weighted by Gasteiger charge is 2.25. The molecule has 1 aliphatic rings.